The van der Waals surface area contributed by atoms with Gasteiger partial charge in [0.15, 0.2) is 0 Å². The minimum Gasteiger partial charge on any atom is -0.477 e. The van der Waals surface area contributed by atoms with Gasteiger partial charge in [-0.2, -0.15) is 0 Å². The number of β-lactam (4-membered cyclic amide) rings is 1. The zero-order chi connectivity index (χ0) is 16.4. The summed E-state index contributed by atoms with van der Waals surface area (Å²) in [6, 6.07) is -0.720. The van der Waals surface area contributed by atoms with Gasteiger partial charge in [0, 0.05) is 25.4 Å². The molecule has 0 aromatic heterocycles. The number of thioether (sulfide) groups is 1. The van der Waals surface area contributed by atoms with Crippen LogP contribution in [0.1, 0.15) is 0 Å². The number of hydrogen-bond acceptors (Lipinski definition) is 6. The highest BCUT2D eigenvalue weighted by molar-refractivity contribution is 8.00. The van der Waals surface area contributed by atoms with E-state index in [1.54, 1.807) is 0 Å². The van der Waals surface area contributed by atoms with Gasteiger partial charge in [0.05, 0.1) is 0 Å². The molecule has 0 bridgehead atoms. The van der Waals surface area contributed by atoms with Crippen LogP contribution in [-0.2, 0) is 19.1 Å². The van der Waals surface area contributed by atoms with E-state index in [9.17, 15) is 24.3 Å². The van der Waals surface area contributed by atoms with Crippen LogP contribution in [0.4, 0.5) is 4.79 Å². The van der Waals surface area contributed by atoms with Gasteiger partial charge in [-0.05, 0) is 0 Å². The molecule has 0 saturated carbocycles. The maximum absolute atomic E-state index is 12.0. The van der Waals surface area contributed by atoms with Crippen LogP contribution in [-0.4, -0.2) is 77.2 Å². The van der Waals surface area contributed by atoms with Crippen molar-refractivity contribution >= 4 is 36.1 Å². The molecule has 0 radical (unpaired) electrons. The van der Waals surface area contributed by atoms with E-state index in [0.29, 0.717) is 17.7 Å². The highest BCUT2D eigenvalue weighted by Crippen LogP contribution is 2.40. The molecular weight excluding hydrogens is 314 g/mol. The first kappa shape index (κ1) is 16.1. The Balaban J connectivity index is 2.18. The molecule has 1 fully saturated rings. The Morgan fingerprint density at radius 2 is 2.23 bits per heavy atom. The second-order valence-electron chi connectivity index (χ2n) is 4.88. The fourth-order valence-corrected chi connectivity index (χ4v) is 3.50. The number of carbonyl (C=O) groups excluding carboxylic acids is 3. The van der Waals surface area contributed by atoms with Crippen LogP contribution in [0.3, 0.4) is 0 Å². The zero-order valence-electron chi connectivity index (χ0n) is 11.9. The topological polar surface area (TPSA) is 116 Å². The number of ether oxygens (including phenoxy) is 1. The van der Waals surface area contributed by atoms with E-state index in [-0.39, 0.29) is 12.3 Å². The lowest BCUT2D eigenvalue weighted by Gasteiger charge is -2.49. The first-order chi connectivity index (χ1) is 10.4. The Morgan fingerprint density at radius 1 is 1.55 bits per heavy atom. The van der Waals surface area contributed by atoms with E-state index < -0.39 is 29.4 Å². The number of carboxylic acids is 1. The van der Waals surface area contributed by atoms with E-state index >= 15 is 0 Å². The second-order valence-corrected chi connectivity index (χ2v) is 5.98. The smallest absolute Gasteiger partial charge is 0.409 e. The third kappa shape index (κ3) is 2.73. The number of aliphatic carboxylic acids is 1. The van der Waals surface area contributed by atoms with Crippen LogP contribution < -0.4 is 5.32 Å². The molecule has 2 N–H and O–H groups in total. The molecule has 2 atom stereocenters. The minimum absolute atomic E-state index is 0.177. The Bertz CT molecular complexity index is 561. The molecule has 120 valence electrons. The summed E-state index contributed by atoms with van der Waals surface area (Å²) in [5, 5.41) is 11.3. The number of amides is 3. The lowest BCUT2D eigenvalue weighted by atomic mass is 10.0. The molecule has 0 aliphatic carbocycles. The van der Waals surface area contributed by atoms with Gasteiger partial charge in [0.2, 0.25) is 6.41 Å². The first-order valence-corrected chi connectivity index (χ1v) is 7.37. The predicted molar refractivity (Wildman–Crippen MR) is 75.8 cm³/mol. The van der Waals surface area contributed by atoms with Crippen LogP contribution in [0.25, 0.3) is 0 Å². The quantitative estimate of drug-likeness (QED) is 0.493. The molecule has 2 rings (SSSR count). The van der Waals surface area contributed by atoms with Crippen LogP contribution in [0.5, 0.6) is 0 Å². The van der Waals surface area contributed by atoms with Gasteiger partial charge in [-0.15, -0.1) is 11.8 Å². The summed E-state index contributed by atoms with van der Waals surface area (Å²) >= 11 is 1.31. The predicted octanol–water partition coefficient (Wildman–Crippen LogP) is -0.947. The molecule has 22 heavy (non-hydrogen) atoms. The van der Waals surface area contributed by atoms with E-state index in [0.717, 1.165) is 4.90 Å². The van der Waals surface area contributed by atoms with Crippen molar-refractivity contribution in [2.45, 2.75) is 11.4 Å². The molecule has 0 aromatic rings. The van der Waals surface area contributed by atoms with Gasteiger partial charge < -0.3 is 20.1 Å². The molecule has 3 amide bonds. The van der Waals surface area contributed by atoms with E-state index in [1.165, 1.54) is 30.8 Å². The molecular formula is C12H15N3O6S. The average molecular weight is 329 g/mol. The zero-order valence-corrected chi connectivity index (χ0v) is 12.8. The molecule has 1 saturated heterocycles. The van der Waals surface area contributed by atoms with E-state index in [2.05, 4.69) is 5.32 Å². The van der Waals surface area contributed by atoms with Crippen molar-refractivity contribution in [1.82, 2.24) is 15.1 Å². The Morgan fingerprint density at radius 3 is 2.77 bits per heavy atom. The summed E-state index contributed by atoms with van der Waals surface area (Å²) < 4.78 is 4.98. The maximum Gasteiger partial charge on any atom is 0.409 e. The highest BCUT2D eigenvalue weighted by Gasteiger charge is 2.53. The lowest BCUT2D eigenvalue weighted by Crippen LogP contribution is -2.69. The number of nitrogens with zero attached hydrogens (tertiary/aromatic N) is 2. The monoisotopic (exact) mass is 329 g/mol. The van der Waals surface area contributed by atoms with Gasteiger partial charge in [0.1, 0.15) is 23.7 Å². The van der Waals surface area contributed by atoms with Gasteiger partial charge in [0.25, 0.3) is 5.91 Å². The number of rotatable bonds is 5. The molecule has 2 aliphatic heterocycles. The number of carbonyl (C=O) groups is 4. The van der Waals surface area contributed by atoms with Crippen molar-refractivity contribution in [2.24, 2.45) is 0 Å². The molecule has 0 aromatic carbocycles. The van der Waals surface area contributed by atoms with Gasteiger partial charge in [-0.1, -0.05) is 0 Å². The van der Waals surface area contributed by atoms with Crippen molar-refractivity contribution in [3.05, 3.63) is 11.3 Å². The van der Waals surface area contributed by atoms with Crippen LogP contribution in [0.15, 0.2) is 11.3 Å². The highest BCUT2D eigenvalue weighted by atomic mass is 32.2. The third-order valence-electron chi connectivity index (χ3n) is 3.23. The first-order valence-electron chi connectivity index (χ1n) is 6.32. The van der Waals surface area contributed by atoms with Crippen molar-refractivity contribution in [1.29, 1.82) is 0 Å². The van der Waals surface area contributed by atoms with E-state index in [4.69, 9.17) is 4.74 Å². The Labute approximate surface area is 130 Å². The van der Waals surface area contributed by atoms with Crippen LogP contribution >= 0.6 is 11.8 Å². The average Bonchev–Trinajstić information content (AvgIpc) is 2.48. The Hall–Kier alpha value is -2.23. The summed E-state index contributed by atoms with van der Waals surface area (Å²) in [7, 11) is 3.02. The summed E-state index contributed by atoms with van der Waals surface area (Å²) in [5.41, 5.74) is 0.172. The number of fused-ring (bicyclic) bond motifs is 1. The normalized spacial score (nSPS) is 23.4. The minimum atomic E-state index is -1.26. The molecule has 9 nitrogen and oxygen atoms in total. The maximum atomic E-state index is 12.0. The lowest BCUT2D eigenvalue weighted by molar-refractivity contribution is -0.149. The molecule has 2 heterocycles. The van der Waals surface area contributed by atoms with Crippen molar-refractivity contribution in [3.63, 3.8) is 0 Å². The summed E-state index contributed by atoms with van der Waals surface area (Å²) in [4.78, 5) is 47.6. The number of hydrogen-bond donors (Lipinski definition) is 2. The fourth-order valence-electron chi connectivity index (χ4n) is 2.17. The summed E-state index contributed by atoms with van der Waals surface area (Å²) in [6.07, 6.45) is -0.182. The van der Waals surface area contributed by atoms with E-state index in [1.807, 2.05) is 0 Å². The fraction of sp³-hybridized carbons (Fsp3) is 0.500. The van der Waals surface area contributed by atoms with Crippen LogP contribution in [0.2, 0.25) is 0 Å². The molecule has 0 spiro atoms. The van der Waals surface area contributed by atoms with Gasteiger partial charge in [-0.25, -0.2) is 9.59 Å². The third-order valence-corrected chi connectivity index (χ3v) is 4.57. The standard InChI is InChI=1S/C12H15N3O6S/c1-14(2)12(20)21-3-6-4-22-10-7(13-5-16)9(17)15(10)8(6)11(18)19/h5,7,10H,3-4H2,1-2H3,(H,13,16)(H,18,19)/t7-,10-/m1/s1. The largest absolute Gasteiger partial charge is 0.477 e. The van der Waals surface area contributed by atoms with Crippen molar-refractivity contribution in [2.75, 3.05) is 26.5 Å². The number of nitrogens with one attached hydrogen (secondary N) is 1. The van der Waals surface area contributed by atoms with Crippen LogP contribution in [0, 0.1) is 0 Å². The SMILES string of the molecule is CN(C)C(=O)OCC1=C(C(=O)O)N2C(=O)[C@@H](NC=O)[C@H]2SC1. The second kappa shape index (κ2) is 6.26. The van der Waals surface area contributed by atoms with Crippen molar-refractivity contribution < 1.29 is 29.0 Å². The molecule has 10 heteroatoms. The molecule has 2 aliphatic rings. The summed E-state index contributed by atoms with van der Waals surface area (Å²) in [5.74, 6) is -1.45. The van der Waals surface area contributed by atoms with Gasteiger partial charge in [-0.3, -0.25) is 14.5 Å². The molecule has 0 unspecified atom stereocenters. The van der Waals surface area contributed by atoms with Crippen molar-refractivity contribution in [3.8, 4) is 0 Å². The number of carboxylic acid groups (broad SMARTS) is 1. The Kier molecular flexibility index (Phi) is 4.59. The van der Waals surface area contributed by atoms with Gasteiger partial charge >= 0.3 is 12.1 Å². The summed E-state index contributed by atoms with van der Waals surface area (Å²) in [6.45, 7) is -0.200.